The number of halogens is 2. The molecular formula is C18H21Cl2N3O3. The van der Waals surface area contributed by atoms with Crippen LogP contribution in [0.25, 0.3) is 0 Å². The Hall–Kier alpha value is -1.86. The summed E-state index contributed by atoms with van der Waals surface area (Å²) in [7, 11) is 1.67. The van der Waals surface area contributed by atoms with Gasteiger partial charge in [-0.05, 0) is 17.7 Å². The van der Waals surface area contributed by atoms with Crippen LogP contribution in [-0.4, -0.2) is 36.6 Å². The Bertz CT molecular complexity index is 773. The first-order valence-corrected chi connectivity index (χ1v) is 8.48. The van der Waals surface area contributed by atoms with Crippen LogP contribution >= 0.6 is 24.0 Å². The summed E-state index contributed by atoms with van der Waals surface area (Å²) in [5.41, 5.74) is 1.93. The van der Waals surface area contributed by atoms with Gasteiger partial charge in [0.25, 0.3) is 5.69 Å². The van der Waals surface area contributed by atoms with E-state index in [1.165, 1.54) is 0 Å². The lowest BCUT2D eigenvalue weighted by atomic mass is 10.0. The second kappa shape index (κ2) is 9.19. The smallest absolute Gasteiger partial charge is 0.288 e. The van der Waals surface area contributed by atoms with Gasteiger partial charge in [0.1, 0.15) is 10.8 Å². The van der Waals surface area contributed by atoms with Gasteiger partial charge in [0, 0.05) is 37.8 Å². The van der Waals surface area contributed by atoms with E-state index >= 15 is 0 Å². The highest BCUT2D eigenvalue weighted by Crippen LogP contribution is 2.32. The number of hydrogen-bond acceptors (Lipinski definition) is 5. The average molecular weight is 398 g/mol. The zero-order chi connectivity index (χ0) is 17.8. The number of piperazine rings is 1. The summed E-state index contributed by atoms with van der Waals surface area (Å²) in [5, 5.41) is 14.7. The summed E-state index contributed by atoms with van der Waals surface area (Å²) in [4.78, 5) is 13.0. The largest absolute Gasteiger partial charge is 0.496 e. The molecule has 1 atom stereocenters. The minimum atomic E-state index is -0.443. The SMILES string of the molecule is COc1ccccc1C1CNCCN1Cc1ccc(Cl)c([N+](=O)[O-])c1.Cl. The van der Waals surface area contributed by atoms with Crippen LogP contribution in [0.15, 0.2) is 42.5 Å². The Morgan fingerprint density at radius 3 is 2.85 bits per heavy atom. The molecule has 1 unspecified atom stereocenters. The van der Waals surface area contributed by atoms with Crippen molar-refractivity contribution in [3.05, 3.63) is 68.7 Å². The van der Waals surface area contributed by atoms with Crippen LogP contribution < -0.4 is 10.1 Å². The summed E-state index contributed by atoms with van der Waals surface area (Å²) >= 11 is 5.92. The Kier molecular flexibility index (Phi) is 7.23. The van der Waals surface area contributed by atoms with E-state index in [-0.39, 0.29) is 29.2 Å². The molecule has 140 valence electrons. The lowest BCUT2D eigenvalue weighted by Crippen LogP contribution is -2.45. The van der Waals surface area contributed by atoms with Gasteiger partial charge >= 0.3 is 0 Å². The number of methoxy groups -OCH3 is 1. The molecule has 0 bridgehead atoms. The van der Waals surface area contributed by atoms with E-state index in [9.17, 15) is 10.1 Å². The minimum Gasteiger partial charge on any atom is -0.496 e. The number of ether oxygens (including phenoxy) is 1. The number of hydrogen-bond donors (Lipinski definition) is 1. The van der Waals surface area contributed by atoms with Gasteiger partial charge in [-0.2, -0.15) is 0 Å². The van der Waals surface area contributed by atoms with Gasteiger partial charge in [0.15, 0.2) is 0 Å². The molecule has 1 fully saturated rings. The number of benzene rings is 2. The normalized spacial score (nSPS) is 17.4. The number of nitro benzene ring substituents is 1. The molecule has 0 aliphatic carbocycles. The Morgan fingerprint density at radius 1 is 1.35 bits per heavy atom. The molecule has 26 heavy (non-hydrogen) atoms. The van der Waals surface area contributed by atoms with Crippen molar-refractivity contribution >= 4 is 29.7 Å². The second-order valence-electron chi connectivity index (χ2n) is 5.98. The molecule has 1 saturated heterocycles. The first-order valence-electron chi connectivity index (χ1n) is 8.10. The predicted molar refractivity (Wildman–Crippen MR) is 104 cm³/mol. The molecule has 6 nitrogen and oxygen atoms in total. The first kappa shape index (κ1) is 20.5. The third-order valence-electron chi connectivity index (χ3n) is 4.45. The maximum absolute atomic E-state index is 11.1. The first-order chi connectivity index (χ1) is 12.1. The van der Waals surface area contributed by atoms with E-state index in [1.807, 2.05) is 24.3 Å². The predicted octanol–water partition coefficient (Wildman–Crippen LogP) is 3.83. The molecule has 1 heterocycles. The second-order valence-corrected chi connectivity index (χ2v) is 6.38. The van der Waals surface area contributed by atoms with Crippen LogP contribution in [0.1, 0.15) is 17.2 Å². The van der Waals surface area contributed by atoms with Gasteiger partial charge in [-0.1, -0.05) is 35.9 Å². The van der Waals surface area contributed by atoms with Gasteiger partial charge in [-0.25, -0.2) is 0 Å². The molecule has 1 aliphatic rings. The zero-order valence-electron chi connectivity index (χ0n) is 14.4. The maximum Gasteiger partial charge on any atom is 0.288 e. The molecule has 0 radical (unpaired) electrons. The lowest BCUT2D eigenvalue weighted by Gasteiger charge is -2.37. The summed E-state index contributed by atoms with van der Waals surface area (Å²) in [5.74, 6) is 0.850. The van der Waals surface area contributed by atoms with E-state index in [0.29, 0.717) is 6.54 Å². The van der Waals surface area contributed by atoms with Crippen LogP contribution in [0.5, 0.6) is 5.75 Å². The molecule has 8 heteroatoms. The van der Waals surface area contributed by atoms with Gasteiger partial charge in [0.05, 0.1) is 18.1 Å². The van der Waals surface area contributed by atoms with Crippen molar-refractivity contribution < 1.29 is 9.66 Å². The van der Waals surface area contributed by atoms with Crippen molar-refractivity contribution in [3.63, 3.8) is 0 Å². The monoisotopic (exact) mass is 397 g/mol. The number of nitrogens with zero attached hydrogens (tertiary/aromatic N) is 2. The summed E-state index contributed by atoms with van der Waals surface area (Å²) < 4.78 is 5.50. The third kappa shape index (κ3) is 4.45. The van der Waals surface area contributed by atoms with Crippen molar-refractivity contribution in [1.82, 2.24) is 10.2 Å². The highest BCUT2D eigenvalue weighted by atomic mass is 35.5. The quantitative estimate of drug-likeness (QED) is 0.613. The van der Waals surface area contributed by atoms with Crippen molar-refractivity contribution in [2.75, 3.05) is 26.7 Å². The molecule has 2 aromatic rings. The molecule has 0 amide bonds. The van der Waals surface area contributed by atoms with Crippen LogP contribution in [0, 0.1) is 10.1 Å². The number of para-hydroxylation sites is 1. The van der Waals surface area contributed by atoms with E-state index in [1.54, 1.807) is 19.2 Å². The fourth-order valence-electron chi connectivity index (χ4n) is 3.22. The van der Waals surface area contributed by atoms with Crippen LogP contribution in [0.4, 0.5) is 5.69 Å². The van der Waals surface area contributed by atoms with Crippen molar-refractivity contribution in [2.45, 2.75) is 12.6 Å². The van der Waals surface area contributed by atoms with E-state index in [4.69, 9.17) is 16.3 Å². The van der Waals surface area contributed by atoms with Gasteiger partial charge in [-0.3, -0.25) is 15.0 Å². The summed E-state index contributed by atoms with van der Waals surface area (Å²) in [6.45, 7) is 3.14. The average Bonchev–Trinajstić information content (AvgIpc) is 2.63. The molecule has 0 spiro atoms. The summed E-state index contributed by atoms with van der Waals surface area (Å²) in [6.07, 6.45) is 0. The Balaban J connectivity index is 0.00000243. The zero-order valence-corrected chi connectivity index (χ0v) is 15.9. The van der Waals surface area contributed by atoms with Crippen LogP contribution in [-0.2, 0) is 6.54 Å². The number of nitro groups is 1. The van der Waals surface area contributed by atoms with Crippen LogP contribution in [0.3, 0.4) is 0 Å². The van der Waals surface area contributed by atoms with Crippen molar-refractivity contribution in [1.29, 1.82) is 0 Å². The highest BCUT2D eigenvalue weighted by molar-refractivity contribution is 6.32. The lowest BCUT2D eigenvalue weighted by molar-refractivity contribution is -0.384. The topological polar surface area (TPSA) is 67.6 Å². The highest BCUT2D eigenvalue weighted by Gasteiger charge is 2.26. The molecule has 0 aromatic heterocycles. The molecule has 2 aromatic carbocycles. The summed E-state index contributed by atoms with van der Waals surface area (Å²) in [6, 6.07) is 13.1. The van der Waals surface area contributed by atoms with E-state index < -0.39 is 4.92 Å². The van der Waals surface area contributed by atoms with Crippen molar-refractivity contribution in [2.24, 2.45) is 0 Å². The van der Waals surface area contributed by atoms with Crippen molar-refractivity contribution in [3.8, 4) is 5.75 Å². The van der Waals surface area contributed by atoms with Crippen LogP contribution in [0.2, 0.25) is 5.02 Å². The van der Waals surface area contributed by atoms with Gasteiger partial charge in [0.2, 0.25) is 0 Å². The van der Waals surface area contributed by atoms with E-state index in [0.717, 1.165) is 36.5 Å². The van der Waals surface area contributed by atoms with Gasteiger partial charge < -0.3 is 10.1 Å². The standard InChI is InChI=1S/C18H20ClN3O3.ClH/c1-25-18-5-3-2-4-14(18)17-11-20-8-9-21(17)12-13-6-7-15(19)16(10-13)22(23)24;/h2-7,10,17,20H,8-9,11-12H2,1H3;1H. The number of rotatable bonds is 5. The Labute approximate surface area is 163 Å². The fourth-order valence-corrected chi connectivity index (χ4v) is 3.40. The minimum absolute atomic E-state index is 0. The molecular weight excluding hydrogens is 377 g/mol. The third-order valence-corrected chi connectivity index (χ3v) is 4.76. The van der Waals surface area contributed by atoms with E-state index in [2.05, 4.69) is 16.3 Å². The molecule has 3 rings (SSSR count). The van der Waals surface area contributed by atoms with Gasteiger partial charge in [-0.15, -0.1) is 12.4 Å². The number of nitrogens with one attached hydrogen (secondary N) is 1. The maximum atomic E-state index is 11.1. The fraction of sp³-hybridized carbons (Fsp3) is 0.333. The molecule has 1 aliphatic heterocycles. The molecule has 0 saturated carbocycles. The Morgan fingerprint density at radius 2 is 2.12 bits per heavy atom. The molecule has 1 N–H and O–H groups in total.